The number of aromatic nitrogens is 1. The molecule has 2 aromatic carbocycles. The largest absolute Gasteiger partial charge is 0.363 e. The molecule has 0 radical (unpaired) electrons. The van der Waals surface area contributed by atoms with Crippen molar-refractivity contribution in [1.29, 1.82) is 0 Å². The SMILES string of the molecule is Cc1cccnc1Nc1ccc2c(c1)C=C[C@](N)(C1CCc3ccccc31)N2. The van der Waals surface area contributed by atoms with Crippen LogP contribution >= 0.6 is 0 Å². The molecule has 2 atom stereocenters. The van der Waals surface area contributed by atoms with Crippen molar-refractivity contribution in [2.75, 3.05) is 10.6 Å². The van der Waals surface area contributed by atoms with Crippen molar-refractivity contribution in [1.82, 2.24) is 4.98 Å². The van der Waals surface area contributed by atoms with Crippen molar-refractivity contribution in [3.63, 3.8) is 0 Å². The van der Waals surface area contributed by atoms with Gasteiger partial charge in [-0.25, -0.2) is 4.98 Å². The molecule has 4 nitrogen and oxygen atoms in total. The fourth-order valence-electron chi connectivity index (χ4n) is 4.40. The Labute approximate surface area is 165 Å². The minimum Gasteiger partial charge on any atom is -0.363 e. The molecule has 3 aromatic rings. The van der Waals surface area contributed by atoms with Crippen molar-refractivity contribution in [2.45, 2.75) is 31.3 Å². The molecule has 0 saturated heterocycles. The zero-order chi connectivity index (χ0) is 19.1. The molecule has 0 spiro atoms. The molecular weight excluding hydrogens is 344 g/mol. The summed E-state index contributed by atoms with van der Waals surface area (Å²) in [7, 11) is 0. The zero-order valence-corrected chi connectivity index (χ0v) is 15.9. The average molecular weight is 368 g/mol. The summed E-state index contributed by atoms with van der Waals surface area (Å²) in [5.41, 5.74) is 13.4. The average Bonchev–Trinajstić information content (AvgIpc) is 3.15. The summed E-state index contributed by atoms with van der Waals surface area (Å²) in [5.74, 6) is 1.16. The first-order valence-electron chi connectivity index (χ1n) is 9.79. The van der Waals surface area contributed by atoms with Crippen LogP contribution in [0.3, 0.4) is 0 Å². The number of hydrogen-bond donors (Lipinski definition) is 3. The van der Waals surface area contributed by atoms with Crippen molar-refractivity contribution in [3.8, 4) is 0 Å². The molecule has 4 heteroatoms. The standard InChI is InChI=1S/C24H24N4/c1-16-5-4-14-26-23(16)27-19-9-11-22-18(15-19)12-13-24(25,28-22)21-10-8-17-6-2-3-7-20(17)21/h2-7,9,11-15,21,28H,8,10,25H2,1H3,(H,26,27)/t21?,24-/m1/s1. The Morgan fingerprint density at radius 2 is 2.04 bits per heavy atom. The van der Waals surface area contributed by atoms with E-state index in [0.717, 1.165) is 41.2 Å². The number of nitrogens with zero attached hydrogens (tertiary/aromatic N) is 1. The molecule has 1 unspecified atom stereocenters. The lowest BCUT2D eigenvalue weighted by Crippen LogP contribution is -2.51. The summed E-state index contributed by atoms with van der Waals surface area (Å²) >= 11 is 0. The number of hydrogen-bond acceptors (Lipinski definition) is 4. The van der Waals surface area contributed by atoms with E-state index >= 15 is 0 Å². The number of fused-ring (bicyclic) bond motifs is 2. The number of benzene rings is 2. The van der Waals surface area contributed by atoms with E-state index in [0.29, 0.717) is 0 Å². The molecule has 0 fully saturated rings. The quantitative estimate of drug-likeness (QED) is 0.612. The summed E-state index contributed by atoms with van der Waals surface area (Å²) in [4.78, 5) is 4.42. The molecule has 1 aromatic heterocycles. The Balaban J connectivity index is 1.42. The lowest BCUT2D eigenvalue weighted by Gasteiger charge is -2.38. The molecule has 4 N–H and O–H groups in total. The Morgan fingerprint density at radius 1 is 1.14 bits per heavy atom. The van der Waals surface area contributed by atoms with Crippen LogP contribution in [0.4, 0.5) is 17.2 Å². The monoisotopic (exact) mass is 368 g/mol. The van der Waals surface area contributed by atoms with Gasteiger partial charge in [0.25, 0.3) is 0 Å². The van der Waals surface area contributed by atoms with Gasteiger partial charge in [0.2, 0.25) is 0 Å². The third-order valence-electron chi connectivity index (χ3n) is 5.92. The number of rotatable bonds is 3. The molecule has 0 bridgehead atoms. The maximum atomic E-state index is 6.85. The van der Waals surface area contributed by atoms with Crippen molar-refractivity contribution in [2.24, 2.45) is 5.73 Å². The Morgan fingerprint density at radius 3 is 2.93 bits per heavy atom. The van der Waals surface area contributed by atoms with Gasteiger partial charge in [-0.1, -0.05) is 36.4 Å². The van der Waals surface area contributed by atoms with Gasteiger partial charge < -0.3 is 16.4 Å². The van der Waals surface area contributed by atoms with Crippen LogP contribution in [0, 0.1) is 6.92 Å². The number of nitrogens with two attached hydrogens (primary N) is 1. The minimum atomic E-state index is -0.563. The van der Waals surface area contributed by atoms with E-state index in [1.807, 2.05) is 6.07 Å². The number of pyridine rings is 1. The van der Waals surface area contributed by atoms with Gasteiger partial charge in [0.1, 0.15) is 11.5 Å². The number of nitrogens with one attached hydrogen (secondary N) is 2. The van der Waals surface area contributed by atoms with E-state index in [1.165, 1.54) is 11.1 Å². The van der Waals surface area contributed by atoms with E-state index in [1.54, 1.807) is 6.20 Å². The van der Waals surface area contributed by atoms with Crippen LogP contribution in [0.1, 0.15) is 34.6 Å². The van der Waals surface area contributed by atoms with Gasteiger partial charge in [-0.2, -0.15) is 0 Å². The first-order valence-corrected chi connectivity index (χ1v) is 9.79. The Kier molecular flexibility index (Phi) is 3.95. The summed E-state index contributed by atoms with van der Waals surface area (Å²) in [5, 5.41) is 7.01. The lowest BCUT2D eigenvalue weighted by molar-refractivity contribution is 0.468. The van der Waals surface area contributed by atoms with Crippen LogP contribution in [0.25, 0.3) is 6.08 Å². The van der Waals surface area contributed by atoms with E-state index in [9.17, 15) is 0 Å². The van der Waals surface area contributed by atoms with Gasteiger partial charge in [-0.15, -0.1) is 0 Å². The second kappa shape index (κ2) is 6.50. The van der Waals surface area contributed by atoms with Crippen LogP contribution in [-0.2, 0) is 6.42 Å². The number of aryl methyl sites for hydroxylation is 2. The molecule has 0 amide bonds. The third kappa shape index (κ3) is 2.86. The Bertz CT molecular complexity index is 1070. The van der Waals surface area contributed by atoms with Gasteiger partial charge in [0, 0.05) is 23.5 Å². The second-order valence-electron chi connectivity index (χ2n) is 7.78. The van der Waals surface area contributed by atoms with Crippen molar-refractivity contribution in [3.05, 3.63) is 89.1 Å². The zero-order valence-electron chi connectivity index (χ0n) is 15.9. The summed E-state index contributed by atoms with van der Waals surface area (Å²) in [6.45, 7) is 2.05. The topological polar surface area (TPSA) is 63.0 Å². The van der Waals surface area contributed by atoms with Crippen LogP contribution in [0.2, 0.25) is 0 Å². The summed E-state index contributed by atoms with van der Waals surface area (Å²) < 4.78 is 0. The van der Waals surface area contributed by atoms with E-state index in [-0.39, 0.29) is 5.92 Å². The van der Waals surface area contributed by atoms with Gasteiger partial charge >= 0.3 is 0 Å². The highest BCUT2D eigenvalue weighted by Gasteiger charge is 2.39. The van der Waals surface area contributed by atoms with Gasteiger partial charge in [0.05, 0.1) is 0 Å². The predicted octanol–water partition coefficient (Wildman–Crippen LogP) is 4.96. The van der Waals surface area contributed by atoms with Gasteiger partial charge in [-0.3, -0.25) is 0 Å². The maximum absolute atomic E-state index is 6.85. The highest BCUT2D eigenvalue weighted by atomic mass is 15.1. The van der Waals surface area contributed by atoms with Crippen LogP contribution < -0.4 is 16.4 Å². The first kappa shape index (κ1) is 17.0. The minimum absolute atomic E-state index is 0.280. The van der Waals surface area contributed by atoms with E-state index in [2.05, 4.69) is 83.2 Å². The molecule has 5 rings (SSSR count). The van der Waals surface area contributed by atoms with Crippen molar-refractivity contribution >= 4 is 23.3 Å². The van der Waals surface area contributed by atoms with E-state index < -0.39 is 5.66 Å². The van der Waals surface area contributed by atoms with Crippen molar-refractivity contribution < 1.29 is 0 Å². The Hall–Kier alpha value is -3.11. The highest BCUT2D eigenvalue weighted by Crippen LogP contribution is 2.43. The maximum Gasteiger partial charge on any atom is 0.133 e. The number of anilines is 3. The first-order chi connectivity index (χ1) is 13.6. The van der Waals surface area contributed by atoms with E-state index in [4.69, 9.17) is 5.73 Å². The highest BCUT2D eigenvalue weighted by molar-refractivity contribution is 5.77. The third-order valence-corrected chi connectivity index (χ3v) is 5.92. The lowest BCUT2D eigenvalue weighted by atomic mass is 9.84. The predicted molar refractivity (Wildman–Crippen MR) is 116 cm³/mol. The molecule has 2 heterocycles. The van der Waals surface area contributed by atoms with Gasteiger partial charge in [0.15, 0.2) is 0 Å². The normalized spacial score (nSPS) is 22.3. The molecule has 0 saturated carbocycles. The van der Waals surface area contributed by atoms with Gasteiger partial charge in [-0.05, 0) is 72.4 Å². The summed E-state index contributed by atoms with van der Waals surface area (Å²) in [6, 6.07) is 19.0. The molecule has 1 aliphatic carbocycles. The molecule has 140 valence electrons. The molecule has 1 aliphatic heterocycles. The fourth-order valence-corrected chi connectivity index (χ4v) is 4.40. The smallest absolute Gasteiger partial charge is 0.133 e. The molecule has 28 heavy (non-hydrogen) atoms. The van der Waals surface area contributed by atoms with Crippen LogP contribution in [-0.4, -0.2) is 10.6 Å². The molecule has 2 aliphatic rings. The van der Waals surface area contributed by atoms with Crippen LogP contribution in [0.15, 0.2) is 66.9 Å². The van der Waals surface area contributed by atoms with Crippen LogP contribution in [0.5, 0.6) is 0 Å². The summed E-state index contributed by atoms with van der Waals surface area (Å²) in [6.07, 6.45) is 8.23. The fraction of sp³-hybridized carbons (Fsp3) is 0.208. The second-order valence-corrected chi connectivity index (χ2v) is 7.78. The molecular formula is C24H24N4.